The van der Waals surface area contributed by atoms with Gasteiger partial charge in [0.2, 0.25) is 11.8 Å². The highest BCUT2D eigenvalue weighted by atomic mass is 35.5. The van der Waals surface area contributed by atoms with Gasteiger partial charge in [-0.3, -0.25) is 9.59 Å². The Kier molecular flexibility index (Phi) is 5.88. The zero-order valence-corrected chi connectivity index (χ0v) is 13.1. The van der Waals surface area contributed by atoms with Crippen molar-refractivity contribution in [1.82, 2.24) is 5.32 Å². The van der Waals surface area contributed by atoms with Crippen molar-refractivity contribution in [2.75, 3.05) is 5.32 Å². The Morgan fingerprint density at radius 1 is 1.10 bits per heavy atom. The molecular formula is C15H18Cl2N2O2. The number of nitrogens with one attached hydrogen (secondary N) is 2. The van der Waals surface area contributed by atoms with E-state index in [1.165, 1.54) is 6.42 Å². The zero-order chi connectivity index (χ0) is 15.2. The summed E-state index contributed by atoms with van der Waals surface area (Å²) in [5, 5.41) is 6.15. The standard InChI is InChI=1S/C15H18Cl2N2O2/c16-11-7-4-8-12(15(11)17)19-14(21)9-13(20)18-10-5-2-1-3-6-10/h4,7-8,10H,1-3,5-6,9H2,(H,18,20)(H,19,21). The smallest absolute Gasteiger partial charge is 0.233 e. The molecule has 2 amide bonds. The lowest BCUT2D eigenvalue weighted by molar-refractivity contribution is -0.127. The van der Waals surface area contributed by atoms with Crippen molar-refractivity contribution in [2.45, 2.75) is 44.6 Å². The molecule has 0 unspecified atom stereocenters. The maximum absolute atomic E-state index is 11.9. The fourth-order valence-corrected chi connectivity index (χ4v) is 2.81. The minimum Gasteiger partial charge on any atom is -0.353 e. The van der Waals surface area contributed by atoms with E-state index in [0.717, 1.165) is 25.7 Å². The van der Waals surface area contributed by atoms with Gasteiger partial charge >= 0.3 is 0 Å². The van der Waals surface area contributed by atoms with Crippen LogP contribution in [0.5, 0.6) is 0 Å². The first-order chi connectivity index (χ1) is 10.1. The highest BCUT2D eigenvalue weighted by molar-refractivity contribution is 6.44. The molecule has 0 bridgehead atoms. The van der Waals surface area contributed by atoms with E-state index in [0.29, 0.717) is 10.7 Å². The summed E-state index contributed by atoms with van der Waals surface area (Å²) < 4.78 is 0. The Hall–Kier alpha value is -1.26. The Morgan fingerprint density at radius 3 is 2.52 bits per heavy atom. The molecule has 1 aliphatic rings. The van der Waals surface area contributed by atoms with Crippen LogP contribution in [0.4, 0.5) is 5.69 Å². The number of amides is 2. The molecule has 1 aromatic carbocycles. The van der Waals surface area contributed by atoms with E-state index >= 15 is 0 Å². The Labute approximate surface area is 134 Å². The summed E-state index contributed by atoms with van der Waals surface area (Å²) in [6.45, 7) is 0. The number of benzene rings is 1. The van der Waals surface area contributed by atoms with E-state index in [1.54, 1.807) is 18.2 Å². The van der Waals surface area contributed by atoms with E-state index < -0.39 is 5.91 Å². The molecule has 21 heavy (non-hydrogen) atoms. The van der Waals surface area contributed by atoms with Crippen molar-refractivity contribution in [3.63, 3.8) is 0 Å². The topological polar surface area (TPSA) is 58.2 Å². The van der Waals surface area contributed by atoms with Crippen LogP contribution in [-0.4, -0.2) is 17.9 Å². The van der Waals surface area contributed by atoms with Gasteiger partial charge in [0.25, 0.3) is 0 Å². The third-order valence-electron chi connectivity index (χ3n) is 3.52. The van der Waals surface area contributed by atoms with E-state index in [-0.39, 0.29) is 23.4 Å². The fourth-order valence-electron chi connectivity index (χ4n) is 2.47. The number of hydrogen-bond acceptors (Lipinski definition) is 2. The van der Waals surface area contributed by atoms with Gasteiger partial charge in [-0.1, -0.05) is 48.5 Å². The quantitative estimate of drug-likeness (QED) is 0.826. The number of carbonyl (C=O) groups excluding carboxylic acids is 2. The van der Waals surface area contributed by atoms with Gasteiger partial charge < -0.3 is 10.6 Å². The average molecular weight is 329 g/mol. The second-order valence-corrected chi connectivity index (χ2v) is 6.01. The van der Waals surface area contributed by atoms with Crippen molar-refractivity contribution in [2.24, 2.45) is 0 Å². The first-order valence-corrected chi connectivity index (χ1v) is 7.85. The normalized spacial score (nSPS) is 15.5. The maximum Gasteiger partial charge on any atom is 0.233 e. The van der Waals surface area contributed by atoms with Gasteiger partial charge in [0, 0.05) is 6.04 Å². The van der Waals surface area contributed by atoms with Crippen LogP contribution in [0.25, 0.3) is 0 Å². The van der Waals surface area contributed by atoms with Crippen LogP contribution in [0, 0.1) is 0 Å². The first-order valence-electron chi connectivity index (χ1n) is 7.09. The summed E-state index contributed by atoms with van der Waals surface area (Å²) >= 11 is 11.9. The Morgan fingerprint density at radius 2 is 1.81 bits per heavy atom. The second-order valence-electron chi connectivity index (χ2n) is 5.23. The molecule has 1 saturated carbocycles. The maximum atomic E-state index is 11.9. The predicted octanol–water partition coefficient (Wildman–Crippen LogP) is 3.77. The molecule has 2 rings (SSSR count). The number of carbonyl (C=O) groups is 2. The molecule has 1 aliphatic carbocycles. The van der Waals surface area contributed by atoms with E-state index in [4.69, 9.17) is 23.2 Å². The number of hydrogen-bond donors (Lipinski definition) is 2. The predicted molar refractivity (Wildman–Crippen MR) is 84.7 cm³/mol. The van der Waals surface area contributed by atoms with Gasteiger partial charge in [-0.05, 0) is 25.0 Å². The molecule has 0 atom stereocenters. The van der Waals surface area contributed by atoms with Crippen molar-refractivity contribution in [1.29, 1.82) is 0 Å². The van der Waals surface area contributed by atoms with Crippen LogP contribution in [0.1, 0.15) is 38.5 Å². The van der Waals surface area contributed by atoms with Crippen LogP contribution >= 0.6 is 23.2 Å². The molecule has 1 fully saturated rings. The Balaban J connectivity index is 1.83. The second kappa shape index (κ2) is 7.66. The molecule has 1 aromatic rings. The van der Waals surface area contributed by atoms with E-state index in [2.05, 4.69) is 10.6 Å². The van der Waals surface area contributed by atoms with Crippen molar-refractivity contribution in [3.05, 3.63) is 28.2 Å². The lowest BCUT2D eigenvalue weighted by Crippen LogP contribution is -2.37. The third kappa shape index (κ3) is 4.90. The molecule has 0 radical (unpaired) electrons. The largest absolute Gasteiger partial charge is 0.353 e. The molecule has 0 aliphatic heterocycles. The molecule has 0 saturated heterocycles. The molecule has 2 N–H and O–H groups in total. The molecule has 0 spiro atoms. The fraction of sp³-hybridized carbons (Fsp3) is 0.467. The summed E-state index contributed by atoms with van der Waals surface area (Å²) in [4.78, 5) is 23.7. The monoisotopic (exact) mass is 328 g/mol. The first kappa shape index (κ1) is 16.1. The van der Waals surface area contributed by atoms with Crippen LogP contribution < -0.4 is 10.6 Å². The summed E-state index contributed by atoms with van der Waals surface area (Å²) in [5.41, 5.74) is 0.416. The van der Waals surface area contributed by atoms with Gasteiger partial charge in [0.15, 0.2) is 0 Å². The molecule has 114 valence electrons. The van der Waals surface area contributed by atoms with Gasteiger partial charge in [-0.25, -0.2) is 0 Å². The lowest BCUT2D eigenvalue weighted by Gasteiger charge is -2.22. The van der Waals surface area contributed by atoms with Crippen molar-refractivity contribution < 1.29 is 9.59 Å². The number of rotatable bonds is 4. The van der Waals surface area contributed by atoms with Gasteiger partial charge in [-0.15, -0.1) is 0 Å². The van der Waals surface area contributed by atoms with Gasteiger partial charge in [0.1, 0.15) is 6.42 Å². The number of anilines is 1. The Bertz CT molecular complexity index is 528. The zero-order valence-electron chi connectivity index (χ0n) is 11.6. The minimum atomic E-state index is -0.396. The van der Waals surface area contributed by atoms with Crippen molar-refractivity contribution in [3.8, 4) is 0 Å². The molecule has 0 heterocycles. The van der Waals surface area contributed by atoms with Crippen LogP contribution in [0.15, 0.2) is 18.2 Å². The minimum absolute atomic E-state index is 0.203. The third-order valence-corrected chi connectivity index (χ3v) is 4.34. The average Bonchev–Trinajstić information content (AvgIpc) is 2.44. The van der Waals surface area contributed by atoms with Gasteiger partial charge in [-0.2, -0.15) is 0 Å². The van der Waals surface area contributed by atoms with E-state index in [1.807, 2.05) is 0 Å². The van der Waals surface area contributed by atoms with Crippen LogP contribution in [-0.2, 0) is 9.59 Å². The highest BCUT2D eigenvalue weighted by Gasteiger charge is 2.18. The number of halogens is 2. The van der Waals surface area contributed by atoms with Crippen LogP contribution in [0.3, 0.4) is 0 Å². The van der Waals surface area contributed by atoms with Crippen molar-refractivity contribution >= 4 is 40.7 Å². The highest BCUT2D eigenvalue weighted by Crippen LogP contribution is 2.29. The lowest BCUT2D eigenvalue weighted by atomic mass is 9.95. The molecule has 6 heteroatoms. The SMILES string of the molecule is O=C(CC(=O)NC1CCCCC1)Nc1cccc(Cl)c1Cl. The van der Waals surface area contributed by atoms with E-state index in [9.17, 15) is 9.59 Å². The summed E-state index contributed by atoms with van der Waals surface area (Å²) in [5.74, 6) is -0.648. The summed E-state index contributed by atoms with van der Waals surface area (Å²) in [6, 6.07) is 5.17. The molecule has 4 nitrogen and oxygen atoms in total. The summed E-state index contributed by atoms with van der Waals surface area (Å²) in [6.07, 6.45) is 5.27. The molecular weight excluding hydrogens is 311 g/mol. The molecule has 0 aromatic heterocycles. The van der Waals surface area contributed by atoms with Crippen LogP contribution in [0.2, 0.25) is 10.0 Å². The summed E-state index contributed by atoms with van der Waals surface area (Å²) in [7, 11) is 0. The van der Waals surface area contributed by atoms with Gasteiger partial charge in [0.05, 0.1) is 15.7 Å².